The summed E-state index contributed by atoms with van der Waals surface area (Å²) >= 11 is 0. The fraction of sp³-hybridized carbons (Fsp3) is 1.00. The Balaban J connectivity index is 3.65. The third-order valence-corrected chi connectivity index (χ3v) is 2.48. The summed E-state index contributed by atoms with van der Waals surface area (Å²) in [5.41, 5.74) is 0. The molecule has 80 valence electrons. The summed E-state index contributed by atoms with van der Waals surface area (Å²) in [6, 6.07) is 0. The van der Waals surface area contributed by atoms with E-state index in [-0.39, 0.29) is 12.5 Å². The minimum absolute atomic E-state index is 0.0424. The Hall–Kier alpha value is 0.110. The predicted molar refractivity (Wildman–Crippen MR) is 46.9 cm³/mol. The van der Waals surface area contributed by atoms with E-state index in [0.717, 1.165) is 25.7 Å². The second kappa shape index (κ2) is 6.55. The van der Waals surface area contributed by atoms with Crippen LogP contribution >= 0.6 is 7.82 Å². The Morgan fingerprint density at radius 2 is 2.00 bits per heavy atom. The van der Waals surface area contributed by atoms with Crippen LogP contribution in [-0.2, 0) is 9.09 Å². The van der Waals surface area contributed by atoms with Crippen LogP contribution in [0, 0.1) is 5.92 Å². The van der Waals surface area contributed by atoms with E-state index >= 15 is 0 Å². The quantitative estimate of drug-likeness (QED) is 0.586. The van der Waals surface area contributed by atoms with E-state index in [2.05, 4.69) is 11.4 Å². The van der Waals surface area contributed by atoms with Crippen LogP contribution in [-0.4, -0.2) is 6.61 Å². The molecule has 4 nitrogen and oxygen atoms in total. The number of unbranched alkanes of at least 4 members (excludes halogenated alkanes) is 1. The lowest BCUT2D eigenvalue weighted by molar-refractivity contribution is -0.342. The van der Waals surface area contributed by atoms with Gasteiger partial charge in [0.25, 0.3) is 0 Å². The number of rotatable bonds is 7. The topological polar surface area (TPSA) is 72.4 Å². The highest BCUT2D eigenvalue weighted by molar-refractivity contribution is 7.43. The first kappa shape index (κ1) is 13.1. The SMILES string of the molecule is CCCC[C@H](CC)COP(=O)([O-])[O-]. The lowest BCUT2D eigenvalue weighted by atomic mass is 10.0. The molecule has 13 heavy (non-hydrogen) atoms. The first-order valence-corrected chi connectivity index (χ1v) is 6.12. The number of hydrogen-bond acceptors (Lipinski definition) is 4. The van der Waals surface area contributed by atoms with Crippen molar-refractivity contribution < 1.29 is 18.9 Å². The number of phosphoric ester groups is 1. The lowest BCUT2D eigenvalue weighted by Gasteiger charge is -2.30. The molecule has 0 N–H and O–H groups in total. The van der Waals surface area contributed by atoms with Gasteiger partial charge in [-0.25, -0.2) is 0 Å². The van der Waals surface area contributed by atoms with Crippen LogP contribution in [0.1, 0.15) is 39.5 Å². The zero-order valence-electron chi connectivity index (χ0n) is 8.19. The fourth-order valence-electron chi connectivity index (χ4n) is 1.09. The normalized spacial score (nSPS) is 14.5. The van der Waals surface area contributed by atoms with Crippen LogP contribution in [0.3, 0.4) is 0 Å². The van der Waals surface area contributed by atoms with Gasteiger partial charge < -0.3 is 18.9 Å². The Bertz CT molecular complexity index is 166. The molecule has 0 heterocycles. The second-order valence-electron chi connectivity index (χ2n) is 3.16. The lowest BCUT2D eigenvalue weighted by Crippen LogP contribution is -2.19. The first-order chi connectivity index (χ1) is 5.99. The molecule has 0 unspecified atom stereocenters. The monoisotopic (exact) mass is 208 g/mol. The van der Waals surface area contributed by atoms with Gasteiger partial charge in [0.15, 0.2) is 0 Å². The van der Waals surface area contributed by atoms with E-state index in [1.54, 1.807) is 0 Å². The maximum atomic E-state index is 10.2. The second-order valence-corrected chi connectivity index (χ2v) is 4.31. The summed E-state index contributed by atoms with van der Waals surface area (Å²) in [4.78, 5) is 20.4. The molecule has 0 aromatic carbocycles. The Morgan fingerprint density at radius 1 is 1.38 bits per heavy atom. The van der Waals surface area contributed by atoms with E-state index in [9.17, 15) is 14.4 Å². The van der Waals surface area contributed by atoms with Gasteiger partial charge in [-0.15, -0.1) is 0 Å². The summed E-state index contributed by atoms with van der Waals surface area (Å²) in [5.74, 6) is 0.191. The van der Waals surface area contributed by atoms with Crippen molar-refractivity contribution in [1.82, 2.24) is 0 Å². The van der Waals surface area contributed by atoms with E-state index in [4.69, 9.17) is 0 Å². The standard InChI is InChI=1S/C8H19O4P/c1-3-5-6-8(4-2)7-12-13(9,10)11/h8H,3-7H2,1-2H3,(H2,9,10,11)/p-2/t8-/m0/s1. The van der Waals surface area contributed by atoms with Gasteiger partial charge in [0, 0.05) is 0 Å². The van der Waals surface area contributed by atoms with Gasteiger partial charge in [-0.1, -0.05) is 33.1 Å². The molecule has 0 rings (SSSR count). The zero-order chi connectivity index (χ0) is 10.3. The Morgan fingerprint density at radius 3 is 2.38 bits per heavy atom. The van der Waals surface area contributed by atoms with Crippen molar-refractivity contribution in [3.63, 3.8) is 0 Å². The molecule has 5 heteroatoms. The average molecular weight is 208 g/mol. The molecule has 0 spiro atoms. The fourth-order valence-corrected chi connectivity index (χ4v) is 1.49. The van der Waals surface area contributed by atoms with Gasteiger partial charge in [-0.3, -0.25) is 0 Å². The highest BCUT2D eigenvalue weighted by atomic mass is 31.2. The van der Waals surface area contributed by atoms with Gasteiger partial charge in [-0.2, -0.15) is 0 Å². The maximum absolute atomic E-state index is 10.2. The van der Waals surface area contributed by atoms with E-state index in [1.807, 2.05) is 6.92 Å². The summed E-state index contributed by atoms with van der Waals surface area (Å²) in [6.45, 7) is 4.07. The van der Waals surface area contributed by atoms with Crippen molar-refractivity contribution in [3.05, 3.63) is 0 Å². The molecule has 0 fully saturated rings. The summed E-state index contributed by atoms with van der Waals surface area (Å²) in [6.07, 6.45) is 3.89. The third kappa shape index (κ3) is 8.44. The van der Waals surface area contributed by atoms with Crippen LogP contribution in [0.4, 0.5) is 0 Å². The molecule has 0 aromatic rings. The van der Waals surface area contributed by atoms with Crippen molar-refractivity contribution in [3.8, 4) is 0 Å². The van der Waals surface area contributed by atoms with Crippen LogP contribution in [0.5, 0.6) is 0 Å². The number of hydrogen-bond donors (Lipinski definition) is 0. The molecule has 0 aliphatic heterocycles. The molecule has 0 bridgehead atoms. The highest BCUT2D eigenvalue weighted by Gasteiger charge is 2.06. The van der Waals surface area contributed by atoms with E-state index < -0.39 is 7.82 Å². The van der Waals surface area contributed by atoms with Crippen LogP contribution < -0.4 is 9.79 Å². The van der Waals surface area contributed by atoms with Gasteiger partial charge >= 0.3 is 0 Å². The molecule has 0 aliphatic carbocycles. The number of phosphoric acid groups is 1. The minimum atomic E-state index is -4.76. The van der Waals surface area contributed by atoms with Gasteiger partial charge in [0.05, 0.1) is 14.4 Å². The molecule has 0 saturated carbocycles. The van der Waals surface area contributed by atoms with E-state index in [0.29, 0.717) is 0 Å². The van der Waals surface area contributed by atoms with Gasteiger partial charge in [0.1, 0.15) is 0 Å². The Kier molecular flexibility index (Phi) is 6.60. The summed E-state index contributed by atoms with van der Waals surface area (Å²) in [5, 5.41) is 0. The molecule has 0 aromatic heterocycles. The third-order valence-electron chi connectivity index (χ3n) is 2.01. The molecule has 0 saturated heterocycles. The Labute approximate surface area is 79.5 Å². The summed E-state index contributed by atoms with van der Waals surface area (Å²) < 4.78 is 14.4. The minimum Gasteiger partial charge on any atom is -0.790 e. The largest absolute Gasteiger partial charge is 0.790 e. The smallest absolute Gasteiger partial charge is 0.0596 e. The van der Waals surface area contributed by atoms with Gasteiger partial charge in [-0.05, 0) is 12.3 Å². The van der Waals surface area contributed by atoms with Gasteiger partial charge in [0.2, 0.25) is 0 Å². The molecule has 0 amide bonds. The van der Waals surface area contributed by atoms with Crippen molar-refractivity contribution >= 4 is 7.82 Å². The average Bonchev–Trinajstić information content (AvgIpc) is 2.03. The van der Waals surface area contributed by atoms with Crippen LogP contribution in [0.2, 0.25) is 0 Å². The van der Waals surface area contributed by atoms with Crippen molar-refractivity contribution in [2.45, 2.75) is 39.5 Å². The van der Waals surface area contributed by atoms with Crippen molar-refractivity contribution in [1.29, 1.82) is 0 Å². The molecular weight excluding hydrogens is 191 g/mol. The molecular formula is C8H17O4P-2. The van der Waals surface area contributed by atoms with Crippen LogP contribution in [0.25, 0.3) is 0 Å². The molecule has 0 aliphatic rings. The van der Waals surface area contributed by atoms with Crippen molar-refractivity contribution in [2.75, 3.05) is 6.61 Å². The maximum Gasteiger partial charge on any atom is 0.0596 e. The summed E-state index contributed by atoms with van der Waals surface area (Å²) in [7, 11) is -4.76. The molecule has 0 radical (unpaired) electrons. The van der Waals surface area contributed by atoms with Crippen LogP contribution in [0.15, 0.2) is 0 Å². The van der Waals surface area contributed by atoms with Crippen molar-refractivity contribution in [2.24, 2.45) is 5.92 Å². The molecule has 1 atom stereocenters. The zero-order valence-corrected chi connectivity index (χ0v) is 9.09. The van der Waals surface area contributed by atoms with E-state index in [1.165, 1.54) is 0 Å². The highest BCUT2D eigenvalue weighted by Crippen LogP contribution is 2.27. The first-order valence-electron chi connectivity index (χ1n) is 4.66. The predicted octanol–water partition coefficient (Wildman–Crippen LogP) is 1.05.